The van der Waals surface area contributed by atoms with Gasteiger partial charge in [-0.1, -0.05) is 72.8 Å². The van der Waals surface area contributed by atoms with E-state index in [1.165, 1.54) is 23.5 Å². The van der Waals surface area contributed by atoms with E-state index in [9.17, 15) is 13.2 Å². The molecule has 0 spiro atoms. The van der Waals surface area contributed by atoms with E-state index in [-0.39, 0.29) is 29.3 Å². The lowest BCUT2D eigenvalue weighted by Crippen LogP contribution is -2.32. The maximum absolute atomic E-state index is 13.8. The summed E-state index contributed by atoms with van der Waals surface area (Å²) >= 11 is 0. The van der Waals surface area contributed by atoms with Gasteiger partial charge in [-0.2, -0.15) is 0 Å². The Bertz CT molecular complexity index is 1370. The largest absolute Gasteiger partial charge is 0.497 e. The minimum absolute atomic E-state index is 0.0399. The molecule has 0 radical (unpaired) electrons. The van der Waals surface area contributed by atoms with E-state index < -0.39 is 16.0 Å². The Hall–Kier alpha value is -4.10. The second-order valence-electron chi connectivity index (χ2n) is 7.75. The minimum atomic E-state index is -4.03. The Morgan fingerprint density at radius 3 is 1.94 bits per heavy atom. The molecular formula is C28H25NO5S. The number of hydrogen-bond acceptors (Lipinski definition) is 5. The van der Waals surface area contributed by atoms with Gasteiger partial charge >= 0.3 is 5.97 Å². The maximum Gasteiger partial charge on any atom is 0.340 e. The monoisotopic (exact) mass is 487 g/mol. The van der Waals surface area contributed by atoms with Crippen LogP contribution in [0.4, 0.5) is 5.69 Å². The van der Waals surface area contributed by atoms with Crippen LogP contribution in [0.2, 0.25) is 0 Å². The Morgan fingerprint density at radius 2 is 1.31 bits per heavy atom. The third kappa shape index (κ3) is 5.70. The van der Waals surface area contributed by atoms with Crippen LogP contribution in [-0.2, 0) is 27.9 Å². The summed E-state index contributed by atoms with van der Waals surface area (Å²) in [6.07, 6.45) is 0. The average molecular weight is 488 g/mol. The number of benzene rings is 4. The van der Waals surface area contributed by atoms with Gasteiger partial charge in [0.15, 0.2) is 0 Å². The van der Waals surface area contributed by atoms with E-state index in [1.807, 2.05) is 60.7 Å². The fourth-order valence-electron chi connectivity index (χ4n) is 3.59. The molecule has 7 heteroatoms. The number of anilines is 1. The molecule has 4 rings (SSSR count). The number of esters is 1. The van der Waals surface area contributed by atoms with Crippen LogP contribution in [0.1, 0.15) is 21.5 Å². The summed E-state index contributed by atoms with van der Waals surface area (Å²) in [5.41, 5.74) is 2.02. The molecule has 4 aromatic rings. The molecule has 0 aliphatic rings. The van der Waals surface area contributed by atoms with E-state index in [1.54, 1.807) is 36.4 Å². The van der Waals surface area contributed by atoms with Crippen LogP contribution < -0.4 is 9.04 Å². The Morgan fingerprint density at radius 1 is 0.743 bits per heavy atom. The Labute approximate surface area is 205 Å². The number of ether oxygens (including phenoxy) is 2. The number of hydrogen-bond donors (Lipinski definition) is 0. The van der Waals surface area contributed by atoms with Crippen LogP contribution in [0.5, 0.6) is 5.75 Å². The van der Waals surface area contributed by atoms with Gasteiger partial charge in [0, 0.05) is 0 Å². The number of carbonyl (C=O) groups is 1. The van der Waals surface area contributed by atoms with Crippen molar-refractivity contribution in [3.05, 3.63) is 126 Å². The predicted octanol–water partition coefficient (Wildman–Crippen LogP) is 5.45. The number of carbonyl (C=O) groups excluding carboxylic acids is 1. The molecule has 0 saturated carbocycles. The quantitative estimate of drug-likeness (QED) is 0.294. The standard InChI is InChI=1S/C28H25NO5S/c1-33-24-16-18-25(19-17-24)35(31,32)29(20-22-10-4-2-5-11-22)27-15-9-8-14-26(27)28(30)34-21-23-12-6-3-7-13-23/h2-19H,20-21H2,1H3. The molecule has 0 N–H and O–H groups in total. The fraction of sp³-hybridized carbons (Fsp3) is 0.107. The third-order valence-corrected chi connectivity index (χ3v) is 7.20. The van der Waals surface area contributed by atoms with Gasteiger partial charge in [-0.25, -0.2) is 13.2 Å². The molecule has 0 fully saturated rings. The van der Waals surface area contributed by atoms with Gasteiger partial charge in [0.25, 0.3) is 10.0 Å². The summed E-state index contributed by atoms with van der Waals surface area (Å²) in [6.45, 7) is 0.121. The number of rotatable bonds is 9. The molecule has 0 unspecified atom stereocenters. The highest BCUT2D eigenvalue weighted by Crippen LogP contribution is 2.30. The van der Waals surface area contributed by atoms with E-state index >= 15 is 0 Å². The fourth-order valence-corrected chi connectivity index (χ4v) is 5.06. The molecule has 178 valence electrons. The zero-order valence-electron chi connectivity index (χ0n) is 19.2. The second kappa shape index (κ2) is 10.9. The summed E-state index contributed by atoms with van der Waals surface area (Å²) in [5.74, 6) is -0.0594. The highest BCUT2D eigenvalue weighted by atomic mass is 32.2. The highest BCUT2D eigenvalue weighted by Gasteiger charge is 2.29. The first-order valence-electron chi connectivity index (χ1n) is 11.0. The van der Waals surface area contributed by atoms with E-state index in [0.717, 1.165) is 11.1 Å². The molecular weight excluding hydrogens is 462 g/mol. The van der Waals surface area contributed by atoms with Crippen molar-refractivity contribution in [2.45, 2.75) is 18.0 Å². The lowest BCUT2D eigenvalue weighted by molar-refractivity contribution is 0.0473. The van der Waals surface area contributed by atoms with E-state index in [4.69, 9.17) is 9.47 Å². The molecule has 0 saturated heterocycles. The number of nitrogens with zero attached hydrogens (tertiary/aromatic N) is 1. The first kappa shape index (κ1) is 24.0. The summed E-state index contributed by atoms with van der Waals surface area (Å²) in [5, 5.41) is 0. The van der Waals surface area contributed by atoms with Gasteiger partial charge in [0.1, 0.15) is 12.4 Å². The van der Waals surface area contributed by atoms with Gasteiger partial charge < -0.3 is 9.47 Å². The molecule has 0 aliphatic heterocycles. The van der Waals surface area contributed by atoms with Crippen LogP contribution in [0.15, 0.2) is 114 Å². The molecule has 0 amide bonds. The number of para-hydroxylation sites is 1. The van der Waals surface area contributed by atoms with Crippen molar-refractivity contribution in [1.82, 2.24) is 0 Å². The molecule has 0 aliphatic carbocycles. The lowest BCUT2D eigenvalue weighted by atomic mass is 10.1. The van der Waals surface area contributed by atoms with Crippen LogP contribution >= 0.6 is 0 Å². The van der Waals surface area contributed by atoms with E-state index in [0.29, 0.717) is 5.75 Å². The summed E-state index contributed by atoms with van der Waals surface area (Å²) in [4.78, 5) is 13.2. The lowest BCUT2D eigenvalue weighted by Gasteiger charge is -2.26. The molecule has 0 bridgehead atoms. The summed E-state index contributed by atoms with van der Waals surface area (Å²) < 4.78 is 39.6. The first-order chi connectivity index (χ1) is 17.0. The average Bonchev–Trinajstić information content (AvgIpc) is 2.91. The normalized spacial score (nSPS) is 11.0. The number of methoxy groups -OCH3 is 1. The Kier molecular flexibility index (Phi) is 7.48. The highest BCUT2D eigenvalue weighted by molar-refractivity contribution is 7.92. The van der Waals surface area contributed by atoms with Crippen LogP contribution in [0.25, 0.3) is 0 Å². The molecule has 6 nitrogen and oxygen atoms in total. The first-order valence-corrected chi connectivity index (χ1v) is 12.4. The zero-order valence-corrected chi connectivity index (χ0v) is 20.0. The third-order valence-electron chi connectivity index (χ3n) is 5.42. The van der Waals surface area contributed by atoms with Crippen molar-refractivity contribution in [2.75, 3.05) is 11.4 Å². The van der Waals surface area contributed by atoms with Gasteiger partial charge in [0.2, 0.25) is 0 Å². The number of sulfonamides is 1. The topological polar surface area (TPSA) is 72.9 Å². The predicted molar refractivity (Wildman–Crippen MR) is 135 cm³/mol. The van der Waals surface area contributed by atoms with Crippen molar-refractivity contribution in [1.29, 1.82) is 0 Å². The molecule has 0 aromatic heterocycles. The smallest absolute Gasteiger partial charge is 0.340 e. The Balaban J connectivity index is 1.72. The van der Waals surface area contributed by atoms with Crippen molar-refractivity contribution in [3.63, 3.8) is 0 Å². The van der Waals surface area contributed by atoms with Crippen molar-refractivity contribution >= 4 is 21.7 Å². The van der Waals surface area contributed by atoms with Crippen molar-refractivity contribution in [3.8, 4) is 5.75 Å². The van der Waals surface area contributed by atoms with Crippen molar-refractivity contribution in [2.24, 2.45) is 0 Å². The van der Waals surface area contributed by atoms with Crippen LogP contribution in [0.3, 0.4) is 0 Å². The zero-order chi connectivity index (χ0) is 24.7. The van der Waals surface area contributed by atoms with Gasteiger partial charge in [-0.3, -0.25) is 4.31 Å². The molecule has 0 atom stereocenters. The van der Waals surface area contributed by atoms with Gasteiger partial charge in [-0.15, -0.1) is 0 Å². The van der Waals surface area contributed by atoms with Crippen LogP contribution in [-0.4, -0.2) is 21.5 Å². The second-order valence-corrected chi connectivity index (χ2v) is 9.61. The molecule has 4 aromatic carbocycles. The minimum Gasteiger partial charge on any atom is -0.497 e. The van der Waals surface area contributed by atoms with Gasteiger partial charge in [-0.05, 0) is 47.5 Å². The summed E-state index contributed by atoms with van der Waals surface area (Å²) in [7, 11) is -2.51. The van der Waals surface area contributed by atoms with Crippen molar-refractivity contribution < 1.29 is 22.7 Å². The SMILES string of the molecule is COc1ccc(S(=O)(=O)N(Cc2ccccc2)c2ccccc2C(=O)OCc2ccccc2)cc1. The maximum atomic E-state index is 13.8. The van der Waals surface area contributed by atoms with Gasteiger partial charge in [0.05, 0.1) is 29.8 Å². The molecule has 0 heterocycles. The van der Waals surface area contributed by atoms with Crippen LogP contribution in [0, 0.1) is 0 Å². The molecule has 35 heavy (non-hydrogen) atoms. The summed E-state index contributed by atoms with van der Waals surface area (Å²) in [6, 6.07) is 31.3. The van der Waals surface area contributed by atoms with E-state index in [2.05, 4.69) is 0 Å².